The number of nitrogens with zero attached hydrogens (tertiary/aromatic N) is 1. The third-order valence-electron chi connectivity index (χ3n) is 4.51. The number of anilines is 1. The first-order valence-corrected chi connectivity index (χ1v) is 10.7. The van der Waals surface area contributed by atoms with Crippen molar-refractivity contribution in [2.45, 2.75) is 12.6 Å². The number of nitrogens with one attached hydrogen (secondary N) is 1. The van der Waals surface area contributed by atoms with Crippen LogP contribution in [0.1, 0.15) is 26.6 Å². The van der Waals surface area contributed by atoms with E-state index >= 15 is 0 Å². The van der Waals surface area contributed by atoms with Gasteiger partial charge in [-0.2, -0.15) is 13.2 Å². The van der Waals surface area contributed by atoms with Crippen molar-refractivity contribution in [1.82, 2.24) is 4.98 Å². The molecule has 0 atom stereocenters. The van der Waals surface area contributed by atoms with Gasteiger partial charge in [0.15, 0.2) is 10.9 Å². The molecule has 0 saturated heterocycles. The van der Waals surface area contributed by atoms with Crippen LogP contribution in [0, 0.1) is 0 Å². The number of hydrogen-bond donors (Lipinski definition) is 1. The van der Waals surface area contributed by atoms with E-state index in [0.29, 0.717) is 21.6 Å². The first kappa shape index (κ1) is 22.4. The monoisotopic (exact) mass is 496 g/mol. The van der Waals surface area contributed by atoms with E-state index in [0.717, 1.165) is 16.5 Å². The van der Waals surface area contributed by atoms with Crippen LogP contribution in [0.2, 0.25) is 10.0 Å². The van der Waals surface area contributed by atoms with Crippen LogP contribution in [0.5, 0.6) is 0 Å². The predicted octanol–water partition coefficient (Wildman–Crippen LogP) is 7.57. The summed E-state index contributed by atoms with van der Waals surface area (Å²) in [5.41, 5.74) is -0.243. The number of amides is 1. The molecule has 0 saturated carbocycles. The van der Waals surface area contributed by atoms with Crippen LogP contribution in [0.25, 0.3) is 11.3 Å². The molecule has 0 unspecified atom stereocenters. The van der Waals surface area contributed by atoms with Crippen LogP contribution in [0.4, 0.5) is 18.3 Å². The number of furan rings is 1. The standard InChI is InChI=1S/C22H13Cl2F3N2O2S/c23-16-6-3-7-17(24)14(16)10-12-11-28-21(32-12)29-20(30)19-9-8-18(31-19)13-4-1-2-5-15(13)22(25,26)27/h1-9,11H,10H2,(H,28,29,30). The lowest BCUT2D eigenvalue weighted by molar-refractivity contribution is -0.137. The van der Waals surface area contributed by atoms with E-state index in [4.69, 9.17) is 27.6 Å². The van der Waals surface area contributed by atoms with Gasteiger partial charge in [0.05, 0.1) is 5.56 Å². The Balaban J connectivity index is 1.49. The summed E-state index contributed by atoms with van der Waals surface area (Å²) in [7, 11) is 0. The third kappa shape index (κ3) is 4.82. The zero-order valence-electron chi connectivity index (χ0n) is 16.0. The highest BCUT2D eigenvalue weighted by Crippen LogP contribution is 2.37. The molecule has 0 bridgehead atoms. The third-order valence-corrected chi connectivity index (χ3v) is 6.14. The van der Waals surface area contributed by atoms with Gasteiger partial charge in [-0.25, -0.2) is 4.98 Å². The Labute approximate surface area is 194 Å². The fourth-order valence-electron chi connectivity index (χ4n) is 3.03. The van der Waals surface area contributed by atoms with E-state index in [-0.39, 0.29) is 17.1 Å². The zero-order valence-corrected chi connectivity index (χ0v) is 18.4. The van der Waals surface area contributed by atoms with Crippen LogP contribution >= 0.6 is 34.5 Å². The molecule has 32 heavy (non-hydrogen) atoms. The molecule has 2 aromatic carbocycles. The second-order valence-electron chi connectivity index (χ2n) is 6.67. The van der Waals surface area contributed by atoms with E-state index in [9.17, 15) is 18.0 Å². The molecule has 0 radical (unpaired) electrons. The van der Waals surface area contributed by atoms with Crippen molar-refractivity contribution < 1.29 is 22.4 Å². The molecule has 0 fully saturated rings. The van der Waals surface area contributed by atoms with Gasteiger partial charge in [0.25, 0.3) is 5.91 Å². The van der Waals surface area contributed by atoms with Gasteiger partial charge in [0, 0.05) is 33.1 Å². The Hall–Kier alpha value is -2.81. The number of aromatic nitrogens is 1. The number of carbonyl (C=O) groups is 1. The van der Waals surface area contributed by atoms with Crippen molar-refractivity contribution in [3.8, 4) is 11.3 Å². The van der Waals surface area contributed by atoms with Crippen LogP contribution in [-0.2, 0) is 12.6 Å². The fraction of sp³-hybridized carbons (Fsp3) is 0.0909. The van der Waals surface area contributed by atoms with E-state index < -0.39 is 17.6 Å². The van der Waals surface area contributed by atoms with Crippen molar-refractivity contribution >= 4 is 45.6 Å². The molecule has 10 heteroatoms. The molecule has 1 amide bonds. The average molecular weight is 497 g/mol. The number of benzene rings is 2. The predicted molar refractivity (Wildman–Crippen MR) is 118 cm³/mol. The Morgan fingerprint density at radius 2 is 1.75 bits per heavy atom. The van der Waals surface area contributed by atoms with Gasteiger partial charge in [-0.3, -0.25) is 10.1 Å². The highest BCUT2D eigenvalue weighted by atomic mass is 35.5. The normalized spacial score (nSPS) is 11.5. The van der Waals surface area contributed by atoms with Gasteiger partial charge in [-0.1, -0.05) is 47.5 Å². The number of carbonyl (C=O) groups excluding carboxylic acids is 1. The van der Waals surface area contributed by atoms with E-state index in [1.54, 1.807) is 24.4 Å². The number of rotatable bonds is 5. The lowest BCUT2D eigenvalue weighted by Crippen LogP contribution is -2.10. The molecule has 0 aliphatic rings. The summed E-state index contributed by atoms with van der Waals surface area (Å²) in [6.07, 6.45) is -2.52. The Morgan fingerprint density at radius 3 is 2.47 bits per heavy atom. The van der Waals surface area contributed by atoms with E-state index in [1.807, 2.05) is 0 Å². The lowest BCUT2D eigenvalue weighted by Gasteiger charge is -2.10. The summed E-state index contributed by atoms with van der Waals surface area (Å²) in [6.45, 7) is 0. The summed E-state index contributed by atoms with van der Waals surface area (Å²) in [4.78, 5) is 17.5. The maximum absolute atomic E-state index is 13.3. The van der Waals surface area contributed by atoms with Gasteiger partial charge in [0.2, 0.25) is 0 Å². The quantitative estimate of drug-likeness (QED) is 0.309. The van der Waals surface area contributed by atoms with Crippen molar-refractivity contribution in [2.75, 3.05) is 5.32 Å². The molecule has 4 aromatic rings. The van der Waals surface area contributed by atoms with Crippen molar-refractivity contribution in [1.29, 1.82) is 0 Å². The van der Waals surface area contributed by atoms with Crippen LogP contribution in [0.3, 0.4) is 0 Å². The minimum atomic E-state index is -4.55. The molecule has 0 spiro atoms. The molecule has 4 rings (SSSR count). The smallest absolute Gasteiger partial charge is 0.417 e. The molecule has 1 N–H and O–H groups in total. The molecule has 0 aliphatic carbocycles. The number of thiazole rings is 1. The van der Waals surface area contributed by atoms with Gasteiger partial charge >= 0.3 is 6.18 Å². The molecule has 0 aliphatic heterocycles. The highest BCUT2D eigenvalue weighted by Gasteiger charge is 2.34. The van der Waals surface area contributed by atoms with Gasteiger partial charge in [-0.05, 0) is 35.9 Å². The van der Waals surface area contributed by atoms with Crippen LogP contribution in [-0.4, -0.2) is 10.9 Å². The van der Waals surface area contributed by atoms with Gasteiger partial charge < -0.3 is 4.42 Å². The fourth-order valence-corrected chi connectivity index (χ4v) is 4.38. The topological polar surface area (TPSA) is 55.1 Å². The van der Waals surface area contributed by atoms with E-state index in [1.165, 1.54) is 41.7 Å². The van der Waals surface area contributed by atoms with Gasteiger partial charge in [0.1, 0.15) is 5.76 Å². The SMILES string of the molecule is O=C(Nc1ncc(Cc2c(Cl)cccc2Cl)s1)c1ccc(-c2ccccc2C(F)(F)F)o1. The molecular weight excluding hydrogens is 484 g/mol. The van der Waals surface area contributed by atoms with Crippen LogP contribution in [0.15, 0.2) is 65.2 Å². The highest BCUT2D eigenvalue weighted by molar-refractivity contribution is 7.15. The van der Waals surface area contributed by atoms with Crippen molar-refractivity contribution in [3.05, 3.63) is 92.6 Å². The summed E-state index contributed by atoms with van der Waals surface area (Å²) in [5, 5.41) is 3.95. The minimum Gasteiger partial charge on any atom is -0.451 e. The van der Waals surface area contributed by atoms with Crippen molar-refractivity contribution in [3.63, 3.8) is 0 Å². The molecule has 2 aromatic heterocycles. The van der Waals surface area contributed by atoms with Crippen molar-refractivity contribution in [2.24, 2.45) is 0 Å². The summed E-state index contributed by atoms with van der Waals surface area (Å²) in [6, 6.07) is 12.9. The molecule has 2 heterocycles. The van der Waals surface area contributed by atoms with Gasteiger partial charge in [-0.15, -0.1) is 11.3 Å². The molecular formula is C22H13Cl2F3N2O2S. The number of halogens is 5. The first-order chi connectivity index (χ1) is 15.2. The zero-order chi connectivity index (χ0) is 22.9. The number of alkyl halides is 3. The average Bonchev–Trinajstić information content (AvgIpc) is 3.40. The van der Waals surface area contributed by atoms with Crippen LogP contribution < -0.4 is 5.32 Å². The Bertz CT molecular complexity index is 1260. The molecule has 4 nitrogen and oxygen atoms in total. The summed E-state index contributed by atoms with van der Waals surface area (Å²) in [5.74, 6) is -0.823. The Morgan fingerprint density at radius 1 is 1.03 bits per heavy atom. The Kier molecular flexibility index (Phi) is 6.28. The summed E-state index contributed by atoms with van der Waals surface area (Å²) < 4.78 is 45.2. The second-order valence-corrected chi connectivity index (χ2v) is 8.60. The number of hydrogen-bond acceptors (Lipinski definition) is 4. The first-order valence-electron chi connectivity index (χ1n) is 9.18. The van der Waals surface area contributed by atoms with E-state index in [2.05, 4.69) is 10.3 Å². The minimum absolute atomic E-state index is 0.0590. The largest absolute Gasteiger partial charge is 0.451 e. The maximum Gasteiger partial charge on any atom is 0.417 e. The lowest BCUT2D eigenvalue weighted by atomic mass is 10.1. The second kappa shape index (κ2) is 8.97. The maximum atomic E-state index is 13.3. The molecule has 164 valence electrons. The summed E-state index contributed by atoms with van der Waals surface area (Å²) >= 11 is 13.6.